The minimum atomic E-state index is -0.314. The second kappa shape index (κ2) is 9.62. The van der Waals surface area contributed by atoms with Gasteiger partial charge in [-0.05, 0) is 54.6 Å². The summed E-state index contributed by atoms with van der Waals surface area (Å²) in [5.41, 5.74) is 7.21. The van der Waals surface area contributed by atoms with E-state index in [2.05, 4.69) is 10.6 Å². The van der Waals surface area contributed by atoms with Gasteiger partial charge >= 0.3 is 0 Å². The topological polar surface area (TPSA) is 116 Å². The maximum atomic E-state index is 12.5. The third kappa shape index (κ3) is 4.79. The molecule has 0 aliphatic rings. The molecule has 0 fully saturated rings. The Hall–Kier alpha value is -3.78. The van der Waals surface area contributed by atoms with Crippen LogP contribution < -0.4 is 25.8 Å². The highest BCUT2D eigenvalue weighted by molar-refractivity contribution is 6.04. The molecule has 0 atom stereocenters. The molecule has 0 aliphatic carbocycles. The first-order valence-electron chi connectivity index (χ1n) is 9.27. The number of anilines is 1. The zero-order chi connectivity index (χ0) is 21.5. The van der Waals surface area contributed by atoms with Crippen LogP contribution >= 0.6 is 0 Å². The first kappa shape index (κ1) is 20.9. The van der Waals surface area contributed by atoms with Crippen LogP contribution in [0, 0.1) is 0 Å². The summed E-state index contributed by atoms with van der Waals surface area (Å²) in [6, 6.07) is 15.4. The van der Waals surface area contributed by atoms with Crippen LogP contribution in [-0.2, 0) is 0 Å². The molecule has 0 bridgehead atoms. The molecular weight excluding hydrogens is 386 g/mol. The molecule has 8 nitrogen and oxygen atoms in total. The Morgan fingerprint density at radius 2 is 1.67 bits per heavy atom. The van der Waals surface area contributed by atoms with Gasteiger partial charge < -0.3 is 30.3 Å². The number of amides is 2. The van der Waals surface area contributed by atoms with E-state index in [1.807, 2.05) is 0 Å². The van der Waals surface area contributed by atoms with Gasteiger partial charge in [0.25, 0.3) is 11.8 Å². The molecule has 0 saturated heterocycles. The van der Waals surface area contributed by atoms with Crippen LogP contribution in [0.2, 0.25) is 0 Å². The zero-order valence-corrected chi connectivity index (χ0v) is 16.7. The second-order valence-electron chi connectivity index (χ2n) is 6.31. The minimum absolute atomic E-state index is 0.212. The average molecular weight is 409 g/mol. The number of methoxy groups -OCH3 is 2. The maximum absolute atomic E-state index is 12.5. The third-order valence-corrected chi connectivity index (χ3v) is 4.33. The van der Waals surface area contributed by atoms with Crippen molar-refractivity contribution in [1.82, 2.24) is 5.32 Å². The van der Waals surface area contributed by atoms with Crippen LogP contribution in [0.4, 0.5) is 5.69 Å². The van der Waals surface area contributed by atoms with Gasteiger partial charge in [-0.3, -0.25) is 9.59 Å². The fourth-order valence-electron chi connectivity index (χ4n) is 2.79. The predicted octanol–water partition coefficient (Wildman–Crippen LogP) is 2.90. The second-order valence-corrected chi connectivity index (χ2v) is 6.31. The van der Waals surface area contributed by atoms with Crippen molar-refractivity contribution in [2.24, 2.45) is 5.73 Å². The Morgan fingerprint density at radius 3 is 2.33 bits per heavy atom. The van der Waals surface area contributed by atoms with Gasteiger partial charge in [0.2, 0.25) is 0 Å². The molecule has 3 aromatic rings. The Balaban J connectivity index is 1.68. The summed E-state index contributed by atoms with van der Waals surface area (Å²) >= 11 is 0. The number of nitrogens with one attached hydrogen (secondary N) is 2. The highest BCUT2D eigenvalue weighted by atomic mass is 16.5. The Kier molecular flexibility index (Phi) is 6.71. The van der Waals surface area contributed by atoms with Crippen molar-refractivity contribution in [3.05, 3.63) is 65.9 Å². The van der Waals surface area contributed by atoms with Crippen LogP contribution in [0.3, 0.4) is 0 Å². The molecule has 2 aromatic carbocycles. The molecule has 1 heterocycles. The first-order chi connectivity index (χ1) is 14.5. The maximum Gasteiger partial charge on any atom is 0.287 e. The average Bonchev–Trinajstić information content (AvgIpc) is 3.27. The summed E-state index contributed by atoms with van der Waals surface area (Å²) in [7, 11) is 3.05. The van der Waals surface area contributed by atoms with Crippen molar-refractivity contribution in [2.75, 3.05) is 32.6 Å². The number of hydrogen-bond donors (Lipinski definition) is 3. The molecule has 1 aromatic heterocycles. The summed E-state index contributed by atoms with van der Waals surface area (Å²) in [6.07, 6.45) is 0. The van der Waals surface area contributed by atoms with E-state index in [1.165, 1.54) is 14.2 Å². The van der Waals surface area contributed by atoms with Gasteiger partial charge in [0.05, 0.1) is 14.2 Å². The lowest BCUT2D eigenvalue weighted by molar-refractivity contribution is 0.0927. The van der Waals surface area contributed by atoms with Crippen LogP contribution in [-0.4, -0.2) is 39.1 Å². The molecule has 156 valence electrons. The Bertz CT molecular complexity index is 1030. The van der Waals surface area contributed by atoms with Crippen molar-refractivity contribution in [2.45, 2.75) is 0 Å². The van der Waals surface area contributed by atoms with Crippen LogP contribution in [0.25, 0.3) is 11.3 Å². The molecule has 0 unspecified atom stereocenters. The van der Waals surface area contributed by atoms with E-state index in [0.717, 1.165) is 5.56 Å². The largest absolute Gasteiger partial charge is 0.493 e. The molecular formula is C22H23N3O5. The minimum Gasteiger partial charge on any atom is -0.493 e. The van der Waals surface area contributed by atoms with E-state index >= 15 is 0 Å². The van der Waals surface area contributed by atoms with Crippen molar-refractivity contribution in [1.29, 1.82) is 0 Å². The smallest absolute Gasteiger partial charge is 0.287 e. The van der Waals surface area contributed by atoms with Gasteiger partial charge in [-0.15, -0.1) is 0 Å². The van der Waals surface area contributed by atoms with Crippen LogP contribution in [0.1, 0.15) is 20.9 Å². The van der Waals surface area contributed by atoms with Gasteiger partial charge in [-0.1, -0.05) is 0 Å². The van der Waals surface area contributed by atoms with Crippen molar-refractivity contribution >= 4 is 17.5 Å². The monoisotopic (exact) mass is 409 g/mol. The van der Waals surface area contributed by atoms with E-state index in [4.69, 9.17) is 19.6 Å². The molecule has 0 aliphatic heterocycles. The molecule has 30 heavy (non-hydrogen) atoms. The number of hydrogen-bond acceptors (Lipinski definition) is 6. The molecule has 8 heteroatoms. The van der Waals surface area contributed by atoms with E-state index in [9.17, 15) is 9.59 Å². The number of carbonyl (C=O) groups is 2. The SMILES string of the molecule is COc1ccc(C(=O)Nc2ccc(-c3ccc(C(=O)NCCN)o3)cc2)cc1OC. The molecule has 3 rings (SSSR count). The summed E-state index contributed by atoms with van der Waals surface area (Å²) in [6.45, 7) is 0.735. The summed E-state index contributed by atoms with van der Waals surface area (Å²) < 4.78 is 16.0. The lowest BCUT2D eigenvalue weighted by Gasteiger charge is -2.10. The molecule has 4 N–H and O–H groups in total. The zero-order valence-electron chi connectivity index (χ0n) is 16.7. The van der Waals surface area contributed by atoms with Crippen LogP contribution in [0.15, 0.2) is 59.0 Å². The fraction of sp³-hybridized carbons (Fsp3) is 0.182. The van der Waals surface area contributed by atoms with Crippen molar-refractivity contribution in [3.8, 4) is 22.8 Å². The standard InChI is InChI=1S/C22H23N3O5/c1-28-18-8-5-15(13-20(18)29-2)21(26)25-16-6-3-14(4-7-16)17-9-10-19(30-17)22(27)24-12-11-23/h3-10,13H,11-12,23H2,1-2H3,(H,24,27)(H,25,26). The lowest BCUT2D eigenvalue weighted by Crippen LogP contribution is -2.28. The van der Waals surface area contributed by atoms with Gasteiger partial charge in [0.15, 0.2) is 17.3 Å². The quantitative estimate of drug-likeness (QED) is 0.527. The summed E-state index contributed by atoms with van der Waals surface area (Å²) in [5, 5.41) is 5.48. The van der Waals surface area contributed by atoms with E-state index in [-0.39, 0.29) is 17.6 Å². The van der Waals surface area contributed by atoms with E-state index in [0.29, 0.717) is 41.6 Å². The molecule has 0 radical (unpaired) electrons. The fourth-order valence-corrected chi connectivity index (χ4v) is 2.79. The van der Waals surface area contributed by atoms with Gasteiger partial charge in [-0.2, -0.15) is 0 Å². The Labute approximate surface area is 174 Å². The number of benzene rings is 2. The molecule has 2 amide bonds. The number of furan rings is 1. The van der Waals surface area contributed by atoms with Gasteiger partial charge in [0, 0.05) is 29.9 Å². The number of rotatable bonds is 8. The molecule has 0 spiro atoms. The first-order valence-corrected chi connectivity index (χ1v) is 9.27. The number of nitrogens with two attached hydrogens (primary N) is 1. The lowest BCUT2D eigenvalue weighted by atomic mass is 10.1. The van der Waals surface area contributed by atoms with Gasteiger partial charge in [-0.25, -0.2) is 0 Å². The molecule has 0 saturated carbocycles. The highest BCUT2D eigenvalue weighted by Crippen LogP contribution is 2.28. The Morgan fingerprint density at radius 1 is 0.933 bits per heavy atom. The highest BCUT2D eigenvalue weighted by Gasteiger charge is 2.13. The van der Waals surface area contributed by atoms with Gasteiger partial charge in [0.1, 0.15) is 5.76 Å². The number of carbonyl (C=O) groups excluding carboxylic acids is 2. The van der Waals surface area contributed by atoms with Crippen molar-refractivity contribution in [3.63, 3.8) is 0 Å². The summed E-state index contributed by atoms with van der Waals surface area (Å²) in [4.78, 5) is 24.4. The van der Waals surface area contributed by atoms with E-state index < -0.39 is 0 Å². The predicted molar refractivity (Wildman–Crippen MR) is 113 cm³/mol. The summed E-state index contributed by atoms with van der Waals surface area (Å²) in [5.74, 6) is 1.19. The number of ether oxygens (including phenoxy) is 2. The normalized spacial score (nSPS) is 10.4. The third-order valence-electron chi connectivity index (χ3n) is 4.33. The van der Waals surface area contributed by atoms with Crippen LogP contribution in [0.5, 0.6) is 11.5 Å². The van der Waals surface area contributed by atoms with E-state index in [1.54, 1.807) is 54.6 Å². The van der Waals surface area contributed by atoms with Crippen molar-refractivity contribution < 1.29 is 23.5 Å².